The van der Waals surface area contributed by atoms with Crippen LogP contribution in [-0.4, -0.2) is 41.6 Å². The van der Waals surface area contributed by atoms with Crippen LogP contribution >= 0.6 is 0 Å². The van der Waals surface area contributed by atoms with Gasteiger partial charge in [-0.2, -0.15) is 5.26 Å². The van der Waals surface area contributed by atoms with Crippen LogP contribution in [0.5, 0.6) is 0 Å². The SMILES string of the molecule is N#CC1CCN(C(=O)NCC2(C(=O)O)CC2)CC1. The largest absolute Gasteiger partial charge is 0.481 e. The molecule has 1 aliphatic heterocycles. The van der Waals surface area contributed by atoms with Gasteiger partial charge in [-0.3, -0.25) is 4.79 Å². The molecule has 2 amide bonds. The fraction of sp³-hybridized carbons (Fsp3) is 0.750. The van der Waals surface area contributed by atoms with Crippen LogP contribution in [0.3, 0.4) is 0 Å². The highest BCUT2D eigenvalue weighted by Crippen LogP contribution is 2.45. The van der Waals surface area contributed by atoms with Gasteiger partial charge in [0.1, 0.15) is 0 Å². The summed E-state index contributed by atoms with van der Waals surface area (Å²) in [5.74, 6) is -0.783. The monoisotopic (exact) mass is 251 g/mol. The molecule has 2 fully saturated rings. The molecule has 0 radical (unpaired) electrons. The molecule has 6 nitrogen and oxygen atoms in total. The van der Waals surface area contributed by atoms with Gasteiger partial charge in [-0.15, -0.1) is 0 Å². The molecule has 0 aromatic rings. The van der Waals surface area contributed by atoms with Gasteiger partial charge >= 0.3 is 12.0 Å². The third-order valence-electron chi connectivity index (χ3n) is 3.85. The number of carbonyl (C=O) groups excluding carboxylic acids is 1. The van der Waals surface area contributed by atoms with E-state index < -0.39 is 11.4 Å². The van der Waals surface area contributed by atoms with Crippen molar-refractivity contribution in [1.29, 1.82) is 5.26 Å². The number of amides is 2. The number of aliphatic carboxylic acids is 1. The number of nitrogens with one attached hydrogen (secondary N) is 1. The molecule has 0 atom stereocenters. The minimum absolute atomic E-state index is 0.0443. The van der Waals surface area contributed by atoms with E-state index in [0.29, 0.717) is 38.8 Å². The normalized spacial score (nSPS) is 22.1. The maximum Gasteiger partial charge on any atom is 0.317 e. The van der Waals surface area contributed by atoms with E-state index in [1.165, 1.54) is 0 Å². The predicted molar refractivity (Wildman–Crippen MR) is 62.6 cm³/mol. The lowest BCUT2D eigenvalue weighted by atomic mass is 9.99. The molecule has 1 aliphatic carbocycles. The van der Waals surface area contributed by atoms with Gasteiger partial charge in [0, 0.05) is 25.6 Å². The summed E-state index contributed by atoms with van der Waals surface area (Å²) in [5.41, 5.74) is -0.722. The average Bonchev–Trinajstić information content (AvgIpc) is 3.17. The number of likely N-dealkylation sites (tertiary alicyclic amines) is 1. The number of nitriles is 1. The zero-order valence-corrected chi connectivity index (χ0v) is 10.2. The van der Waals surface area contributed by atoms with Gasteiger partial charge in [-0.1, -0.05) is 0 Å². The van der Waals surface area contributed by atoms with Crippen LogP contribution in [0.4, 0.5) is 4.79 Å². The second kappa shape index (κ2) is 4.84. The number of carboxylic acids is 1. The van der Waals surface area contributed by atoms with Crippen molar-refractivity contribution in [2.24, 2.45) is 11.3 Å². The van der Waals surface area contributed by atoms with Crippen molar-refractivity contribution in [2.45, 2.75) is 25.7 Å². The highest BCUT2D eigenvalue weighted by Gasteiger charge is 2.50. The van der Waals surface area contributed by atoms with E-state index in [4.69, 9.17) is 10.4 Å². The number of rotatable bonds is 3. The van der Waals surface area contributed by atoms with Gasteiger partial charge in [0.2, 0.25) is 0 Å². The molecule has 0 unspecified atom stereocenters. The average molecular weight is 251 g/mol. The molecule has 1 heterocycles. The maximum absolute atomic E-state index is 11.8. The third kappa shape index (κ3) is 2.55. The van der Waals surface area contributed by atoms with Crippen LogP contribution in [0, 0.1) is 22.7 Å². The molecule has 1 saturated heterocycles. The Labute approximate surface area is 106 Å². The molecule has 2 N–H and O–H groups in total. The molecular weight excluding hydrogens is 234 g/mol. The summed E-state index contributed by atoms with van der Waals surface area (Å²) in [6.45, 7) is 1.35. The fourth-order valence-electron chi connectivity index (χ4n) is 2.19. The first-order valence-corrected chi connectivity index (χ1v) is 6.23. The van der Waals surface area contributed by atoms with Gasteiger partial charge in [-0.05, 0) is 25.7 Å². The standard InChI is InChI=1S/C12H17N3O3/c13-7-9-1-5-15(6-2-9)11(18)14-8-12(3-4-12)10(16)17/h9H,1-6,8H2,(H,14,18)(H,16,17). The Balaban J connectivity index is 1.76. The van der Waals surface area contributed by atoms with E-state index in [1.54, 1.807) is 4.90 Å². The minimum Gasteiger partial charge on any atom is -0.481 e. The van der Waals surface area contributed by atoms with E-state index in [0.717, 1.165) is 0 Å². The first-order valence-electron chi connectivity index (χ1n) is 6.23. The number of urea groups is 1. The number of hydrogen-bond donors (Lipinski definition) is 2. The summed E-state index contributed by atoms with van der Waals surface area (Å²) in [7, 11) is 0. The van der Waals surface area contributed by atoms with Gasteiger partial charge in [-0.25, -0.2) is 4.79 Å². The number of hydrogen-bond acceptors (Lipinski definition) is 3. The van der Waals surface area contributed by atoms with Crippen molar-refractivity contribution in [3.8, 4) is 6.07 Å². The van der Waals surface area contributed by atoms with Gasteiger partial charge in [0.05, 0.1) is 11.5 Å². The van der Waals surface area contributed by atoms with Crippen LogP contribution in [-0.2, 0) is 4.79 Å². The summed E-state index contributed by atoms with van der Waals surface area (Å²) in [5, 5.41) is 20.4. The molecule has 2 rings (SSSR count). The van der Waals surface area contributed by atoms with Crippen LogP contribution < -0.4 is 5.32 Å². The molecule has 6 heteroatoms. The third-order valence-corrected chi connectivity index (χ3v) is 3.85. The number of nitrogens with zero attached hydrogens (tertiary/aromatic N) is 2. The van der Waals surface area contributed by atoms with Gasteiger partial charge in [0.15, 0.2) is 0 Å². The number of carboxylic acid groups (broad SMARTS) is 1. The quantitative estimate of drug-likeness (QED) is 0.775. The van der Waals surface area contributed by atoms with Crippen LogP contribution in [0.25, 0.3) is 0 Å². The van der Waals surface area contributed by atoms with E-state index >= 15 is 0 Å². The summed E-state index contributed by atoms with van der Waals surface area (Å²) >= 11 is 0. The lowest BCUT2D eigenvalue weighted by Gasteiger charge is -2.29. The first kappa shape index (κ1) is 12.7. The van der Waals surface area contributed by atoms with E-state index in [-0.39, 0.29) is 18.5 Å². The Hall–Kier alpha value is -1.77. The van der Waals surface area contributed by atoms with E-state index in [1.807, 2.05) is 0 Å². The van der Waals surface area contributed by atoms with Crippen LogP contribution in [0.15, 0.2) is 0 Å². The Morgan fingerprint density at radius 2 is 2.00 bits per heavy atom. The van der Waals surface area contributed by atoms with Crippen LogP contribution in [0.1, 0.15) is 25.7 Å². The Morgan fingerprint density at radius 1 is 1.39 bits per heavy atom. The van der Waals surface area contributed by atoms with Gasteiger partial charge in [0.25, 0.3) is 0 Å². The van der Waals surface area contributed by atoms with E-state index in [2.05, 4.69) is 11.4 Å². The first-order chi connectivity index (χ1) is 8.57. The Bertz CT molecular complexity index is 390. The molecule has 0 bridgehead atoms. The molecule has 0 aromatic heterocycles. The number of carbonyl (C=O) groups is 2. The van der Waals surface area contributed by atoms with Crippen molar-refractivity contribution in [1.82, 2.24) is 10.2 Å². The molecule has 18 heavy (non-hydrogen) atoms. The maximum atomic E-state index is 11.8. The second-order valence-electron chi connectivity index (χ2n) is 5.13. The zero-order valence-electron chi connectivity index (χ0n) is 10.2. The molecular formula is C12H17N3O3. The topological polar surface area (TPSA) is 93.4 Å². The Kier molecular flexibility index (Phi) is 3.41. The smallest absolute Gasteiger partial charge is 0.317 e. The van der Waals surface area contributed by atoms with Crippen molar-refractivity contribution < 1.29 is 14.7 Å². The predicted octanol–water partition coefficient (Wildman–Crippen LogP) is 0.796. The number of piperidine rings is 1. The highest BCUT2D eigenvalue weighted by atomic mass is 16.4. The molecule has 1 saturated carbocycles. The summed E-state index contributed by atoms with van der Waals surface area (Å²) < 4.78 is 0. The van der Waals surface area contributed by atoms with Crippen molar-refractivity contribution in [3.63, 3.8) is 0 Å². The second-order valence-corrected chi connectivity index (χ2v) is 5.13. The van der Waals surface area contributed by atoms with E-state index in [9.17, 15) is 9.59 Å². The fourth-order valence-corrected chi connectivity index (χ4v) is 2.19. The van der Waals surface area contributed by atoms with Gasteiger partial charge < -0.3 is 15.3 Å². The zero-order chi connectivity index (χ0) is 13.2. The molecule has 2 aliphatic rings. The van der Waals surface area contributed by atoms with Crippen LogP contribution in [0.2, 0.25) is 0 Å². The minimum atomic E-state index is -0.828. The summed E-state index contributed by atoms with van der Waals surface area (Å²) in [4.78, 5) is 24.4. The molecule has 0 spiro atoms. The summed E-state index contributed by atoms with van der Waals surface area (Å²) in [6.07, 6.45) is 2.68. The van der Waals surface area contributed by atoms with Crippen molar-refractivity contribution in [3.05, 3.63) is 0 Å². The molecule has 0 aromatic carbocycles. The van der Waals surface area contributed by atoms with Crippen molar-refractivity contribution >= 4 is 12.0 Å². The lowest BCUT2D eigenvalue weighted by Crippen LogP contribution is -2.46. The molecule has 98 valence electrons. The summed E-state index contributed by atoms with van der Waals surface area (Å²) in [6, 6.07) is 2.00. The van der Waals surface area contributed by atoms with Crippen molar-refractivity contribution in [2.75, 3.05) is 19.6 Å². The highest BCUT2D eigenvalue weighted by molar-refractivity contribution is 5.80. The lowest BCUT2D eigenvalue weighted by molar-refractivity contribution is -0.143. The Morgan fingerprint density at radius 3 is 2.44 bits per heavy atom.